The number of aromatic nitrogens is 4. The first-order chi connectivity index (χ1) is 15.0. The summed E-state index contributed by atoms with van der Waals surface area (Å²) in [6.45, 7) is 0. The van der Waals surface area contributed by atoms with Gasteiger partial charge in [0.15, 0.2) is 5.58 Å². The van der Waals surface area contributed by atoms with Crippen LogP contribution in [0.1, 0.15) is 17.5 Å². The van der Waals surface area contributed by atoms with Crippen LogP contribution in [0.25, 0.3) is 11.1 Å². The van der Waals surface area contributed by atoms with Crippen LogP contribution in [0.4, 0.5) is 5.13 Å². The van der Waals surface area contributed by atoms with Gasteiger partial charge < -0.3 is 8.83 Å². The minimum atomic E-state index is -3.94. The van der Waals surface area contributed by atoms with Gasteiger partial charge in [0.1, 0.15) is 18.6 Å². The first kappa shape index (κ1) is 19.2. The highest BCUT2D eigenvalue weighted by molar-refractivity contribution is 7.93. The third-order valence-electron chi connectivity index (χ3n) is 4.54. The van der Waals surface area contributed by atoms with E-state index in [4.69, 9.17) is 8.83 Å². The molecule has 1 unspecified atom stereocenters. The summed E-state index contributed by atoms with van der Waals surface area (Å²) in [7, 11) is -3.94. The molecule has 1 atom stereocenters. The molecule has 0 aliphatic rings. The lowest BCUT2D eigenvalue weighted by Gasteiger charge is -2.15. The van der Waals surface area contributed by atoms with E-state index >= 15 is 0 Å². The molecule has 0 fully saturated rings. The maximum Gasteiger partial charge on any atom is 0.420 e. The summed E-state index contributed by atoms with van der Waals surface area (Å²) in [5, 5.41) is 0.132. The number of rotatable bonds is 6. The van der Waals surface area contributed by atoms with Gasteiger partial charge in [-0.3, -0.25) is 9.29 Å². The van der Waals surface area contributed by atoms with Crippen molar-refractivity contribution in [1.29, 1.82) is 0 Å². The molecule has 0 spiro atoms. The number of benzene rings is 2. The number of oxazole rings is 2. The summed E-state index contributed by atoms with van der Waals surface area (Å²) in [5.74, 6) is -0.376. The van der Waals surface area contributed by atoms with E-state index in [1.54, 1.807) is 0 Å². The van der Waals surface area contributed by atoms with E-state index in [-0.39, 0.29) is 15.6 Å². The molecule has 3 heterocycles. The van der Waals surface area contributed by atoms with Crippen LogP contribution in [-0.2, 0) is 10.0 Å². The van der Waals surface area contributed by atoms with Crippen molar-refractivity contribution < 1.29 is 17.3 Å². The van der Waals surface area contributed by atoms with Crippen LogP contribution in [-0.4, -0.2) is 27.3 Å². The zero-order valence-corrected chi connectivity index (χ0v) is 17.2. The minimum Gasteiger partial charge on any atom is -0.446 e. The van der Waals surface area contributed by atoms with Crippen molar-refractivity contribution in [3.63, 3.8) is 0 Å². The third kappa shape index (κ3) is 3.51. The second-order valence-electron chi connectivity index (χ2n) is 6.40. The van der Waals surface area contributed by atoms with Crippen molar-refractivity contribution in [3.05, 3.63) is 89.3 Å². The smallest absolute Gasteiger partial charge is 0.420 e. The molecule has 156 valence electrons. The Hall–Kier alpha value is -3.77. The molecular formula is C19H13N5O5S2. The Balaban J connectivity index is 1.63. The van der Waals surface area contributed by atoms with Crippen molar-refractivity contribution in [2.24, 2.45) is 0 Å². The topological polar surface area (TPSA) is 133 Å². The molecule has 5 aromatic rings. The van der Waals surface area contributed by atoms with Crippen LogP contribution < -0.4 is 10.5 Å². The molecule has 31 heavy (non-hydrogen) atoms. The number of nitrogens with zero attached hydrogens (tertiary/aromatic N) is 4. The molecule has 0 aliphatic heterocycles. The molecule has 3 aromatic heterocycles. The van der Waals surface area contributed by atoms with Gasteiger partial charge in [-0.2, -0.15) is 4.37 Å². The van der Waals surface area contributed by atoms with Gasteiger partial charge >= 0.3 is 5.76 Å². The number of anilines is 1. The van der Waals surface area contributed by atoms with Gasteiger partial charge in [-0.05, 0) is 17.7 Å². The van der Waals surface area contributed by atoms with Gasteiger partial charge in [0, 0.05) is 17.6 Å². The number of hydrogen-bond donors (Lipinski definition) is 1. The zero-order chi connectivity index (χ0) is 21.4. The molecule has 10 nitrogen and oxygen atoms in total. The van der Waals surface area contributed by atoms with E-state index in [9.17, 15) is 13.2 Å². The maximum atomic E-state index is 12.8. The number of fused-ring (bicyclic) bond motifs is 1. The number of nitrogens with one attached hydrogen (secondary N) is 1. The largest absolute Gasteiger partial charge is 0.446 e. The molecule has 0 aliphatic carbocycles. The van der Waals surface area contributed by atoms with E-state index in [1.807, 2.05) is 30.3 Å². The fourth-order valence-corrected chi connectivity index (χ4v) is 4.90. The molecule has 0 saturated carbocycles. The summed E-state index contributed by atoms with van der Waals surface area (Å²) in [6, 6.07) is 12.7. The van der Waals surface area contributed by atoms with Crippen molar-refractivity contribution in [1.82, 2.24) is 18.9 Å². The fraction of sp³-hybridized carbons (Fsp3) is 0.0526. The van der Waals surface area contributed by atoms with Gasteiger partial charge in [-0.1, -0.05) is 30.3 Å². The van der Waals surface area contributed by atoms with Gasteiger partial charge in [0.25, 0.3) is 10.0 Å². The van der Waals surface area contributed by atoms with Crippen LogP contribution in [0, 0.1) is 0 Å². The lowest BCUT2D eigenvalue weighted by molar-refractivity contribution is 0.422. The number of sulfonamides is 1. The second kappa shape index (κ2) is 7.49. The van der Waals surface area contributed by atoms with Crippen molar-refractivity contribution in [2.45, 2.75) is 10.9 Å². The fourth-order valence-electron chi connectivity index (χ4n) is 3.23. The molecule has 0 amide bonds. The summed E-state index contributed by atoms with van der Waals surface area (Å²) in [5.41, 5.74) is 1.26. The highest BCUT2D eigenvalue weighted by atomic mass is 32.2. The van der Waals surface area contributed by atoms with E-state index < -0.39 is 21.8 Å². The molecule has 2 aromatic carbocycles. The standard InChI is InChI=1S/C19H13N5O5S2/c25-19-24(16(17-20-8-9-28-17)12-4-2-1-3-5-12)14-7-6-13(10-15(14)29-19)31(26,27)23-18-21-11-22-30-18/h1-11,16H,(H,21,22,23). The van der Waals surface area contributed by atoms with Gasteiger partial charge in [-0.25, -0.2) is 23.2 Å². The Bertz CT molecular complexity index is 1490. The first-order valence-electron chi connectivity index (χ1n) is 8.92. The average Bonchev–Trinajstić information content (AvgIpc) is 3.51. The van der Waals surface area contributed by atoms with Crippen LogP contribution >= 0.6 is 11.5 Å². The second-order valence-corrected chi connectivity index (χ2v) is 8.87. The van der Waals surface area contributed by atoms with Gasteiger partial charge in [0.2, 0.25) is 11.0 Å². The van der Waals surface area contributed by atoms with E-state index in [2.05, 4.69) is 19.1 Å². The van der Waals surface area contributed by atoms with Crippen LogP contribution in [0.5, 0.6) is 0 Å². The lowest BCUT2D eigenvalue weighted by Crippen LogP contribution is -2.22. The van der Waals surface area contributed by atoms with Crippen molar-refractivity contribution >= 4 is 37.8 Å². The summed E-state index contributed by atoms with van der Waals surface area (Å²) in [6.07, 6.45) is 4.15. The highest BCUT2D eigenvalue weighted by Crippen LogP contribution is 2.29. The molecule has 0 bridgehead atoms. The van der Waals surface area contributed by atoms with E-state index in [0.29, 0.717) is 11.4 Å². The number of hydrogen-bond acceptors (Lipinski definition) is 9. The summed E-state index contributed by atoms with van der Waals surface area (Å²) < 4.78 is 43.7. The van der Waals surface area contributed by atoms with Crippen LogP contribution in [0.3, 0.4) is 0 Å². The normalized spacial score (nSPS) is 12.8. The monoisotopic (exact) mass is 455 g/mol. The van der Waals surface area contributed by atoms with Crippen molar-refractivity contribution in [3.8, 4) is 0 Å². The Morgan fingerprint density at radius 3 is 2.65 bits per heavy atom. The Morgan fingerprint density at radius 1 is 1.10 bits per heavy atom. The summed E-state index contributed by atoms with van der Waals surface area (Å²) in [4.78, 5) is 20.8. The maximum absolute atomic E-state index is 12.8. The van der Waals surface area contributed by atoms with Crippen LogP contribution in [0.2, 0.25) is 0 Å². The van der Waals surface area contributed by atoms with Crippen molar-refractivity contribution in [2.75, 3.05) is 4.72 Å². The SMILES string of the molecule is O=c1oc2cc(S(=O)(=O)Nc3ncns3)ccc2n1C(c1ccccc1)c1ncco1. The first-order valence-corrected chi connectivity index (χ1v) is 11.2. The molecular weight excluding hydrogens is 442 g/mol. The predicted octanol–water partition coefficient (Wildman–Crippen LogP) is 2.87. The molecule has 12 heteroatoms. The molecule has 5 rings (SSSR count). The molecule has 0 radical (unpaired) electrons. The lowest BCUT2D eigenvalue weighted by atomic mass is 10.1. The minimum absolute atomic E-state index is 0.0801. The Kier molecular flexibility index (Phi) is 4.64. The molecule has 0 saturated heterocycles. The van der Waals surface area contributed by atoms with E-state index in [1.165, 1.54) is 41.6 Å². The Morgan fingerprint density at radius 2 is 1.94 bits per heavy atom. The molecule has 1 N–H and O–H groups in total. The van der Waals surface area contributed by atoms with Gasteiger partial charge in [0.05, 0.1) is 16.6 Å². The van der Waals surface area contributed by atoms with E-state index in [0.717, 1.165) is 17.1 Å². The zero-order valence-electron chi connectivity index (χ0n) is 15.6. The van der Waals surface area contributed by atoms with Crippen LogP contribution in [0.15, 0.2) is 85.8 Å². The highest BCUT2D eigenvalue weighted by Gasteiger charge is 2.27. The quantitative estimate of drug-likeness (QED) is 0.413. The third-order valence-corrected chi connectivity index (χ3v) is 6.58. The summed E-state index contributed by atoms with van der Waals surface area (Å²) >= 11 is 0.908. The predicted molar refractivity (Wildman–Crippen MR) is 111 cm³/mol. The van der Waals surface area contributed by atoms with Gasteiger partial charge in [-0.15, -0.1) is 0 Å². The average molecular weight is 455 g/mol. The Labute approximate surface area is 179 Å².